The first-order valence-electron chi connectivity index (χ1n) is 7.04. The number of methoxy groups -OCH3 is 1. The molecule has 3 N–H and O–H groups in total. The number of hydrogen-bond donors (Lipinski definition) is 2. The zero-order valence-electron chi connectivity index (χ0n) is 12.7. The summed E-state index contributed by atoms with van der Waals surface area (Å²) in [6.07, 6.45) is 2.07. The van der Waals surface area contributed by atoms with Gasteiger partial charge in [-0.2, -0.15) is 5.10 Å². The van der Waals surface area contributed by atoms with Crippen molar-refractivity contribution in [3.8, 4) is 16.9 Å². The Morgan fingerprint density at radius 2 is 2.15 bits per heavy atom. The Labute approximate surface area is 120 Å². The summed E-state index contributed by atoms with van der Waals surface area (Å²) in [6, 6.07) is 6.11. The number of H-pyrrole nitrogens is 1. The molecule has 2 aromatic rings. The fourth-order valence-corrected chi connectivity index (χ4v) is 2.35. The third kappa shape index (κ3) is 2.79. The molecular weight excluding hydrogens is 250 g/mol. The first kappa shape index (κ1) is 14.4. The molecule has 0 aliphatic carbocycles. The van der Waals surface area contributed by atoms with Gasteiger partial charge in [0.25, 0.3) is 0 Å². The van der Waals surface area contributed by atoms with Crippen LogP contribution in [-0.2, 0) is 6.42 Å². The molecule has 0 bridgehead atoms. The third-order valence-electron chi connectivity index (χ3n) is 3.74. The number of nitrogen functional groups attached to an aromatic ring is 1. The lowest BCUT2D eigenvalue weighted by Crippen LogP contribution is -2.01. The highest BCUT2D eigenvalue weighted by molar-refractivity contribution is 5.81. The van der Waals surface area contributed by atoms with Crippen molar-refractivity contribution >= 4 is 5.82 Å². The molecule has 4 heteroatoms. The van der Waals surface area contributed by atoms with Crippen LogP contribution in [0.2, 0.25) is 0 Å². The minimum absolute atomic E-state index is 0.534. The molecule has 20 heavy (non-hydrogen) atoms. The van der Waals surface area contributed by atoms with Crippen LogP contribution < -0.4 is 10.5 Å². The normalized spacial score (nSPS) is 12.4. The van der Waals surface area contributed by atoms with Crippen molar-refractivity contribution in [2.45, 2.75) is 33.6 Å². The van der Waals surface area contributed by atoms with E-state index in [4.69, 9.17) is 10.5 Å². The average Bonchev–Trinajstić information content (AvgIpc) is 2.79. The topological polar surface area (TPSA) is 63.9 Å². The van der Waals surface area contributed by atoms with Gasteiger partial charge in [-0.1, -0.05) is 31.9 Å². The first-order valence-corrected chi connectivity index (χ1v) is 7.04. The van der Waals surface area contributed by atoms with Gasteiger partial charge in [0.05, 0.1) is 12.7 Å². The Hall–Kier alpha value is -1.97. The summed E-state index contributed by atoms with van der Waals surface area (Å²) < 4.78 is 5.47. The van der Waals surface area contributed by atoms with E-state index in [1.165, 1.54) is 5.56 Å². The molecular formula is C16H23N3O. The van der Waals surface area contributed by atoms with Gasteiger partial charge in [-0.3, -0.25) is 5.10 Å². The molecule has 2 rings (SSSR count). The summed E-state index contributed by atoms with van der Waals surface area (Å²) in [5.41, 5.74) is 10.3. The average molecular weight is 273 g/mol. The van der Waals surface area contributed by atoms with Gasteiger partial charge in [0.1, 0.15) is 5.75 Å². The smallest absolute Gasteiger partial charge is 0.153 e. The van der Waals surface area contributed by atoms with Crippen LogP contribution in [0.3, 0.4) is 0 Å². The number of hydrogen-bond acceptors (Lipinski definition) is 3. The van der Waals surface area contributed by atoms with Crippen LogP contribution in [0, 0.1) is 12.8 Å². The second-order valence-electron chi connectivity index (χ2n) is 5.38. The Morgan fingerprint density at radius 1 is 1.40 bits per heavy atom. The van der Waals surface area contributed by atoms with Gasteiger partial charge in [0, 0.05) is 11.3 Å². The van der Waals surface area contributed by atoms with Crippen LogP contribution in [0.25, 0.3) is 11.1 Å². The fourth-order valence-electron chi connectivity index (χ4n) is 2.35. The Morgan fingerprint density at radius 3 is 2.80 bits per heavy atom. The van der Waals surface area contributed by atoms with Gasteiger partial charge in [0.2, 0.25) is 0 Å². The molecule has 1 atom stereocenters. The van der Waals surface area contributed by atoms with Gasteiger partial charge in [-0.25, -0.2) is 0 Å². The molecule has 0 amide bonds. The number of anilines is 1. The van der Waals surface area contributed by atoms with E-state index in [2.05, 4.69) is 37.0 Å². The molecule has 1 aromatic carbocycles. The van der Waals surface area contributed by atoms with Gasteiger partial charge < -0.3 is 10.5 Å². The molecule has 0 radical (unpaired) electrons. The Bertz CT molecular complexity index is 589. The number of aryl methyl sites for hydroxylation is 1. The van der Waals surface area contributed by atoms with Crippen molar-refractivity contribution in [2.75, 3.05) is 12.8 Å². The van der Waals surface area contributed by atoms with Crippen LogP contribution in [0.4, 0.5) is 5.82 Å². The van der Waals surface area contributed by atoms with Crippen LogP contribution in [0.15, 0.2) is 18.2 Å². The van der Waals surface area contributed by atoms with E-state index < -0.39 is 0 Å². The largest absolute Gasteiger partial charge is 0.496 e. The highest BCUT2D eigenvalue weighted by Crippen LogP contribution is 2.36. The number of aromatic amines is 1. The minimum Gasteiger partial charge on any atom is -0.496 e. The molecule has 0 aliphatic rings. The summed E-state index contributed by atoms with van der Waals surface area (Å²) >= 11 is 0. The van der Waals surface area contributed by atoms with E-state index in [1.807, 2.05) is 12.1 Å². The maximum absolute atomic E-state index is 6.07. The highest BCUT2D eigenvalue weighted by Gasteiger charge is 2.18. The Kier molecular flexibility index (Phi) is 4.32. The number of ether oxygens (including phenoxy) is 1. The second-order valence-corrected chi connectivity index (χ2v) is 5.38. The Balaban J connectivity index is 2.52. The van der Waals surface area contributed by atoms with Crippen molar-refractivity contribution in [1.82, 2.24) is 10.2 Å². The molecule has 0 saturated heterocycles. The number of nitrogens with zero attached hydrogens (tertiary/aromatic N) is 1. The molecule has 0 saturated carbocycles. The predicted molar refractivity (Wildman–Crippen MR) is 82.9 cm³/mol. The van der Waals surface area contributed by atoms with Gasteiger partial charge in [-0.15, -0.1) is 0 Å². The number of aromatic nitrogens is 2. The maximum Gasteiger partial charge on any atom is 0.153 e. The molecule has 0 aliphatic heterocycles. The lowest BCUT2D eigenvalue weighted by Gasteiger charge is -2.12. The summed E-state index contributed by atoms with van der Waals surface area (Å²) in [4.78, 5) is 0. The van der Waals surface area contributed by atoms with E-state index >= 15 is 0 Å². The third-order valence-corrected chi connectivity index (χ3v) is 3.74. The molecule has 1 heterocycles. The van der Waals surface area contributed by atoms with E-state index in [9.17, 15) is 0 Å². The molecule has 1 unspecified atom stereocenters. The summed E-state index contributed by atoms with van der Waals surface area (Å²) in [5.74, 6) is 1.95. The summed E-state index contributed by atoms with van der Waals surface area (Å²) in [7, 11) is 1.68. The van der Waals surface area contributed by atoms with Crippen LogP contribution in [0.1, 0.15) is 31.5 Å². The van der Waals surface area contributed by atoms with Crippen molar-refractivity contribution in [2.24, 2.45) is 5.92 Å². The molecule has 0 spiro atoms. The molecule has 4 nitrogen and oxygen atoms in total. The molecule has 108 valence electrons. The van der Waals surface area contributed by atoms with Crippen molar-refractivity contribution in [1.29, 1.82) is 0 Å². The van der Waals surface area contributed by atoms with Crippen LogP contribution in [-0.4, -0.2) is 17.3 Å². The van der Waals surface area contributed by atoms with Crippen molar-refractivity contribution in [3.05, 3.63) is 29.5 Å². The van der Waals surface area contributed by atoms with Gasteiger partial charge in [0.15, 0.2) is 5.82 Å². The SMILES string of the molecule is CCC(C)Cc1[nH]nc(N)c1-c1cc(C)ccc1OC. The van der Waals surface area contributed by atoms with Crippen LogP contribution in [0.5, 0.6) is 5.75 Å². The standard InChI is InChI=1S/C16H23N3O/c1-5-10(2)9-13-15(16(17)19-18-13)12-8-11(3)6-7-14(12)20-4/h6-8,10H,5,9H2,1-4H3,(H3,17,18,19). The van der Waals surface area contributed by atoms with Crippen LogP contribution >= 0.6 is 0 Å². The van der Waals surface area contributed by atoms with Gasteiger partial charge >= 0.3 is 0 Å². The first-order chi connectivity index (χ1) is 9.56. The van der Waals surface area contributed by atoms with E-state index in [0.29, 0.717) is 11.7 Å². The van der Waals surface area contributed by atoms with Crippen molar-refractivity contribution < 1.29 is 4.74 Å². The van der Waals surface area contributed by atoms with E-state index in [0.717, 1.165) is 35.4 Å². The minimum atomic E-state index is 0.534. The predicted octanol–water partition coefficient (Wildman–Crippen LogP) is 3.56. The highest BCUT2D eigenvalue weighted by atomic mass is 16.5. The quantitative estimate of drug-likeness (QED) is 0.875. The van der Waals surface area contributed by atoms with Crippen molar-refractivity contribution in [3.63, 3.8) is 0 Å². The zero-order chi connectivity index (χ0) is 14.7. The lowest BCUT2D eigenvalue weighted by molar-refractivity contribution is 0.416. The van der Waals surface area contributed by atoms with E-state index in [1.54, 1.807) is 7.11 Å². The summed E-state index contributed by atoms with van der Waals surface area (Å²) in [6.45, 7) is 6.49. The monoisotopic (exact) mass is 273 g/mol. The molecule has 1 aromatic heterocycles. The lowest BCUT2D eigenvalue weighted by atomic mass is 9.96. The fraction of sp³-hybridized carbons (Fsp3) is 0.438. The zero-order valence-corrected chi connectivity index (χ0v) is 12.7. The van der Waals surface area contributed by atoms with E-state index in [-0.39, 0.29) is 0 Å². The second kappa shape index (κ2) is 5.99. The number of nitrogens with one attached hydrogen (secondary N) is 1. The summed E-state index contributed by atoms with van der Waals surface area (Å²) in [5, 5.41) is 7.26. The number of rotatable bonds is 5. The number of benzene rings is 1. The maximum atomic E-state index is 6.07. The van der Waals surface area contributed by atoms with Gasteiger partial charge in [-0.05, 0) is 31.4 Å². The number of nitrogens with two attached hydrogens (primary N) is 1. The molecule has 0 fully saturated rings.